The minimum absolute atomic E-state index is 0.0443. The maximum absolute atomic E-state index is 13.4. The van der Waals surface area contributed by atoms with Crippen molar-refractivity contribution in [3.05, 3.63) is 0 Å². The molecule has 22 heavy (non-hydrogen) atoms. The molecule has 7 heteroatoms. The number of rotatable bonds is 3. The summed E-state index contributed by atoms with van der Waals surface area (Å²) >= 11 is 0. The van der Waals surface area contributed by atoms with Crippen molar-refractivity contribution in [2.75, 3.05) is 13.1 Å². The normalized spacial score (nSPS) is 36.5. The summed E-state index contributed by atoms with van der Waals surface area (Å²) in [5.74, 6) is -9.89. The van der Waals surface area contributed by atoms with Crippen molar-refractivity contribution in [2.45, 2.75) is 69.5 Å². The third-order valence-corrected chi connectivity index (χ3v) is 5.45. The number of hydrogen-bond donors (Lipinski definition) is 0. The number of carbonyl (C=O) groups excluding carboxylic acids is 1. The highest BCUT2D eigenvalue weighted by Crippen LogP contribution is 2.56. The molecular formula is C15H22F4N2O. The Morgan fingerprint density at radius 1 is 1.14 bits per heavy atom. The second-order valence-corrected chi connectivity index (χ2v) is 7.17. The summed E-state index contributed by atoms with van der Waals surface area (Å²) in [7, 11) is 0. The maximum Gasteiger partial charge on any atom is 0.313 e. The molecule has 2 bridgehead atoms. The first-order valence-corrected chi connectivity index (χ1v) is 7.94. The summed E-state index contributed by atoms with van der Waals surface area (Å²) < 4.78 is 52.5. The minimum atomic E-state index is -4.04. The lowest BCUT2D eigenvalue weighted by atomic mass is 9.74. The fourth-order valence-corrected chi connectivity index (χ4v) is 4.02. The Balaban J connectivity index is 1.63. The standard InChI is InChI=1S/C15H22F4N2O/c1-9(2)20-7-11-3-4-12(8-20)21(11)13(22)5-10-6-14(16,17)15(10,18)19/h9-12H,3-8H2,1-2H3. The number of amides is 1. The number of halogens is 4. The lowest BCUT2D eigenvalue weighted by Crippen LogP contribution is -2.61. The number of nitrogens with zero attached hydrogens (tertiary/aromatic N) is 2. The second kappa shape index (κ2) is 5.08. The number of alkyl halides is 4. The zero-order chi connectivity index (χ0) is 16.3. The fraction of sp³-hybridized carbons (Fsp3) is 0.933. The highest BCUT2D eigenvalue weighted by Gasteiger charge is 2.71. The molecule has 0 aromatic carbocycles. The molecule has 3 rings (SSSR count). The summed E-state index contributed by atoms with van der Waals surface area (Å²) in [6.45, 7) is 5.68. The van der Waals surface area contributed by atoms with E-state index in [0.29, 0.717) is 6.04 Å². The number of hydrogen-bond acceptors (Lipinski definition) is 2. The molecule has 0 spiro atoms. The first kappa shape index (κ1) is 16.0. The first-order chi connectivity index (χ1) is 10.1. The van der Waals surface area contributed by atoms with Gasteiger partial charge >= 0.3 is 11.8 Å². The molecule has 0 radical (unpaired) electrons. The molecule has 2 aliphatic heterocycles. The van der Waals surface area contributed by atoms with Gasteiger partial charge in [-0.25, -0.2) is 0 Å². The van der Waals surface area contributed by atoms with E-state index in [0.717, 1.165) is 25.9 Å². The number of piperazine rings is 1. The van der Waals surface area contributed by atoms with Crippen LogP contribution in [0.25, 0.3) is 0 Å². The van der Waals surface area contributed by atoms with Gasteiger partial charge in [-0.1, -0.05) is 0 Å². The zero-order valence-electron chi connectivity index (χ0n) is 12.9. The number of likely N-dealkylation sites (tertiary alicyclic amines) is 1. The number of carbonyl (C=O) groups is 1. The SMILES string of the molecule is CC(C)N1CC2CCC(C1)N2C(=O)CC1CC(F)(F)C1(F)F. The Morgan fingerprint density at radius 2 is 1.68 bits per heavy atom. The van der Waals surface area contributed by atoms with Crippen LogP contribution in [0.2, 0.25) is 0 Å². The van der Waals surface area contributed by atoms with Crippen molar-refractivity contribution < 1.29 is 22.4 Å². The Kier molecular flexibility index (Phi) is 3.70. The topological polar surface area (TPSA) is 23.6 Å². The van der Waals surface area contributed by atoms with Crippen LogP contribution in [0.3, 0.4) is 0 Å². The third-order valence-electron chi connectivity index (χ3n) is 5.45. The Hall–Kier alpha value is -0.850. The molecule has 2 heterocycles. The van der Waals surface area contributed by atoms with Crippen LogP contribution < -0.4 is 0 Å². The van der Waals surface area contributed by atoms with Gasteiger partial charge in [0.15, 0.2) is 0 Å². The van der Waals surface area contributed by atoms with E-state index in [1.165, 1.54) is 0 Å². The molecule has 126 valence electrons. The van der Waals surface area contributed by atoms with Crippen molar-refractivity contribution >= 4 is 5.91 Å². The Bertz CT molecular complexity index is 454. The summed E-state index contributed by atoms with van der Waals surface area (Å²) in [6.07, 6.45) is 0.401. The quantitative estimate of drug-likeness (QED) is 0.746. The van der Waals surface area contributed by atoms with Crippen molar-refractivity contribution in [3.8, 4) is 0 Å². The van der Waals surface area contributed by atoms with Crippen molar-refractivity contribution in [3.63, 3.8) is 0 Å². The largest absolute Gasteiger partial charge is 0.334 e. The molecule has 3 nitrogen and oxygen atoms in total. The predicted octanol–water partition coefficient (Wildman–Crippen LogP) is 2.75. The van der Waals surface area contributed by atoms with Gasteiger partial charge in [-0.05, 0) is 26.7 Å². The fourth-order valence-electron chi connectivity index (χ4n) is 4.02. The van der Waals surface area contributed by atoms with Crippen molar-refractivity contribution in [1.29, 1.82) is 0 Å². The third kappa shape index (κ3) is 2.32. The first-order valence-electron chi connectivity index (χ1n) is 7.94. The smallest absolute Gasteiger partial charge is 0.313 e. The van der Waals surface area contributed by atoms with Gasteiger partial charge in [-0.15, -0.1) is 0 Å². The summed E-state index contributed by atoms with van der Waals surface area (Å²) in [5, 5.41) is 0. The van der Waals surface area contributed by atoms with Gasteiger partial charge in [0.2, 0.25) is 5.91 Å². The van der Waals surface area contributed by atoms with Gasteiger partial charge in [0.1, 0.15) is 0 Å². The zero-order valence-corrected chi connectivity index (χ0v) is 12.9. The van der Waals surface area contributed by atoms with Crippen LogP contribution >= 0.6 is 0 Å². The molecule has 1 aliphatic carbocycles. The van der Waals surface area contributed by atoms with Crippen LogP contribution in [-0.2, 0) is 4.79 Å². The second-order valence-electron chi connectivity index (χ2n) is 7.17. The summed E-state index contributed by atoms with van der Waals surface area (Å²) in [6, 6.07) is 0.473. The van der Waals surface area contributed by atoms with E-state index in [9.17, 15) is 22.4 Å². The van der Waals surface area contributed by atoms with Crippen molar-refractivity contribution in [1.82, 2.24) is 9.80 Å². The van der Waals surface area contributed by atoms with Crippen LogP contribution in [0.4, 0.5) is 17.6 Å². The molecule has 3 atom stereocenters. The van der Waals surface area contributed by atoms with Crippen LogP contribution in [0.15, 0.2) is 0 Å². The summed E-state index contributed by atoms with van der Waals surface area (Å²) in [4.78, 5) is 16.4. The van der Waals surface area contributed by atoms with Gasteiger partial charge in [0.25, 0.3) is 0 Å². The van der Waals surface area contributed by atoms with Crippen molar-refractivity contribution in [2.24, 2.45) is 5.92 Å². The molecule has 1 amide bonds. The van der Waals surface area contributed by atoms with Gasteiger partial charge in [0.05, 0.1) is 0 Å². The lowest BCUT2D eigenvalue weighted by molar-refractivity contribution is -0.313. The monoisotopic (exact) mass is 322 g/mol. The van der Waals surface area contributed by atoms with E-state index in [1.807, 2.05) is 0 Å². The maximum atomic E-state index is 13.4. The number of fused-ring (bicyclic) bond motifs is 2. The van der Waals surface area contributed by atoms with Crippen LogP contribution in [0.1, 0.15) is 39.5 Å². The van der Waals surface area contributed by atoms with E-state index in [1.54, 1.807) is 4.90 Å². The molecule has 3 aliphatic rings. The molecule has 0 N–H and O–H groups in total. The molecular weight excluding hydrogens is 300 g/mol. The molecule has 3 unspecified atom stereocenters. The molecule has 3 fully saturated rings. The predicted molar refractivity (Wildman–Crippen MR) is 73.0 cm³/mol. The lowest BCUT2D eigenvalue weighted by Gasteiger charge is -2.46. The highest BCUT2D eigenvalue weighted by atomic mass is 19.3. The van der Waals surface area contributed by atoms with Gasteiger partial charge < -0.3 is 4.90 Å². The van der Waals surface area contributed by atoms with E-state index in [2.05, 4.69) is 18.7 Å². The van der Waals surface area contributed by atoms with E-state index >= 15 is 0 Å². The van der Waals surface area contributed by atoms with E-state index in [-0.39, 0.29) is 18.0 Å². The van der Waals surface area contributed by atoms with Crippen LogP contribution in [-0.4, -0.2) is 58.8 Å². The average molecular weight is 322 g/mol. The van der Waals surface area contributed by atoms with E-state index < -0.39 is 30.6 Å². The van der Waals surface area contributed by atoms with Crippen LogP contribution in [0.5, 0.6) is 0 Å². The van der Waals surface area contributed by atoms with Gasteiger partial charge in [0, 0.05) is 50.0 Å². The molecule has 0 aromatic rings. The summed E-state index contributed by atoms with van der Waals surface area (Å²) in [5.41, 5.74) is 0. The molecule has 0 aromatic heterocycles. The molecule has 1 saturated carbocycles. The van der Waals surface area contributed by atoms with Gasteiger partial charge in [-0.3, -0.25) is 9.69 Å². The van der Waals surface area contributed by atoms with Gasteiger partial charge in [-0.2, -0.15) is 17.6 Å². The van der Waals surface area contributed by atoms with E-state index in [4.69, 9.17) is 0 Å². The van der Waals surface area contributed by atoms with Crippen LogP contribution in [0, 0.1) is 5.92 Å². The Morgan fingerprint density at radius 3 is 2.09 bits per heavy atom. The molecule has 2 saturated heterocycles. The average Bonchev–Trinajstić information content (AvgIpc) is 2.68. The minimum Gasteiger partial charge on any atom is -0.334 e. The highest BCUT2D eigenvalue weighted by molar-refractivity contribution is 5.78. The Labute approximate surface area is 127 Å².